The lowest BCUT2D eigenvalue weighted by molar-refractivity contribution is 0.464. The average molecular weight is 481 g/mol. The van der Waals surface area contributed by atoms with Crippen molar-refractivity contribution in [3.63, 3.8) is 0 Å². The lowest BCUT2D eigenvalue weighted by Crippen LogP contribution is -2.38. The molecule has 0 spiro atoms. The van der Waals surface area contributed by atoms with Gasteiger partial charge in [-0.15, -0.1) is 35.3 Å². The zero-order chi connectivity index (χ0) is 17.5. The summed E-state index contributed by atoms with van der Waals surface area (Å²) in [7, 11) is 2.03. The fourth-order valence-electron chi connectivity index (χ4n) is 2.53. The second-order valence-corrected chi connectivity index (χ2v) is 6.75. The second-order valence-electron chi connectivity index (χ2n) is 5.72. The number of nitrogens with one attached hydrogen (secondary N) is 2. The number of H-pyrrole nitrogens is 1. The highest BCUT2D eigenvalue weighted by Gasteiger charge is 2.10. The molecule has 26 heavy (non-hydrogen) atoms. The minimum Gasteiger partial charge on any atom is -0.357 e. The van der Waals surface area contributed by atoms with Crippen LogP contribution in [0.3, 0.4) is 0 Å². The van der Waals surface area contributed by atoms with Crippen LogP contribution in [-0.2, 0) is 13.1 Å². The van der Waals surface area contributed by atoms with Crippen LogP contribution in [0, 0.1) is 0 Å². The number of rotatable bonds is 6. The van der Waals surface area contributed by atoms with Gasteiger partial charge in [-0.05, 0) is 23.9 Å². The van der Waals surface area contributed by atoms with E-state index >= 15 is 0 Å². The fraction of sp³-hybridized carbons (Fsp3) is 0.263. The number of aliphatic imine (C=N–C) groups is 1. The maximum atomic E-state index is 4.72. The third-order valence-electron chi connectivity index (χ3n) is 3.76. The molecule has 3 rings (SSSR count). The minimum absolute atomic E-state index is 0. The van der Waals surface area contributed by atoms with E-state index in [-0.39, 0.29) is 24.0 Å². The second kappa shape index (κ2) is 10.3. The quantitative estimate of drug-likeness (QED) is 0.313. The molecule has 2 aromatic heterocycles. The van der Waals surface area contributed by atoms with Crippen molar-refractivity contribution in [2.24, 2.45) is 4.99 Å². The van der Waals surface area contributed by atoms with Crippen molar-refractivity contribution in [1.29, 1.82) is 0 Å². The van der Waals surface area contributed by atoms with Crippen molar-refractivity contribution in [3.8, 4) is 11.3 Å². The van der Waals surface area contributed by atoms with Crippen molar-refractivity contribution < 1.29 is 0 Å². The normalized spacial score (nSPS) is 11.1. The van der Waals surface area contributed by atoms with E-state index in [2.05, 4.69) is 56.8 Å². The Morgan fingerprint density at radius 3 is 2.73 bits per heavy atom. The van der Waals surface area contributed by atoms with Gasteiger partial charge in [0.2, 0.25) is 0 Å². The average Bonchev–Trinajstić information content (AvgIpc) is 3.31. The van der Waals surface area contributed by atoms with Crippen LogP contribution in [0.4, 0.5) is 0 Å². The van der Waals surface area contributed by atoms with Crippen molar-refractivity contribution in [2.75, 3.05) is 13.6 Å². The molecule has 0 bridgehead atoms. The van der Waals surface area contributed by atoms with Gasteiger partial charge in [-0.25, -0.2) is 9.98 Å². The monoisotopic (exact) mass is 481 g/mol. The van der Waals surface area contributed by atoms with Crippen molar-refractivity contribution in [1.82, 2.24) is 20.2 Å². The van der Waals surface area contributed by atoms with Crippen molar-refractivity contribution in [2.45, 2.75) is 20.0 Å². The van der Waals surface area contributed by atoms with Crippen molar-refractivity contribution >= 4 is 41.3 Å². The SMILES string of the molecule is CCNC(=NCc1cccs1)N(C)Cc1ncc(-c2ccccc2)[nH]1.I. The molecule has 3 aromatic rings. The van der Waals surface area contributed by atoms with Gasteiger partial charge >= 0.3 is 0 Å². The lowest BCUT2D eigenvalue weighted by Gasteiger charge is -2.20. The first kappa shape index (κ1) is 20.4. The first-order chi connectivity index (χ1) is 12.3. The van der Waals surface area contributed by atoms with Gasteiger partial charge in [-0.3, -0.25) is 0 Å². The lowest BCUT2D eigenvalue weighted by atomic mass is 10.2. The van der Waals surface area contributed by atoms with Crippen LogP contribution >= 0.6 is 35.3 Å². The van der Waals surface area contributed by atoms with Gasteiger partial charge in [-0.1, -0.05) is 36.4 Å². The summed E-state index contributed by atoms with van der Waals surface area (Å²) in [5.41, 5.74) is 2.17. The fourth-order valence-corrected chi connectivity index (χ4v) is 3.16. The Morgan fingerprint density at radius 1 is 1.23 bits per heavy atom. The number of nitrogens with zero attached hydrogens (tertiary/aromatic N) is 3. The van der Waals surface area contributed by atoms with Crippen LogP contribution in [0.5, 0.6) is 0 Å². The van der Waals surface area contributed by atoms with Gasteiger partial charge in [0, 0.05) is 18.5 Å². The van der Waals surface area contributed by atoms with E-state index in [1.54, 1.807) is 11.3 Å². The van der Waals surface area contributed by atoms with Crippen LogP contribution in [0.25, 0.3) is 11.3 Å². The predicted molar refractivity (Wildman–Crippen MR) is 120 cm³/mol. The van der Waals surface area contributed by atoms with Crippen LogP contribution in [0.2, 0.25) is 0 Å². The topological polar surface area (TPSA) is 56.3 Å². The molecular weight excluding hydrogens is 457 g/mol. The first-order valence-electron chi connectivity index (χ1n) is 8.37. The number of thiophene rings is 1. The summed E-state index contributed by atoms with van der Waals surface area (Å²) >= 11 is 1.73. The maximum absolute atomic E-state index is 4.72. The van der Waals surface area contributed by atoms with Crippen LogP contribution < -0.4 is 5.32 Å². The van der Waals surface area contributed by atoms with Gasteiger partial charge in [0.05, 0.1) is 25.0 Å². The molecule has 7 heteroatoms. The molecule has 0 aliphatic rings. The summed E-state index contributed by atoms with van der Waals surface area (Å²) in [5.74, 6) is 1.80. The Labute approximate surface area is 175 Å². The molecule has 0 radical (unpaired) electrons. The molecule has 0 fully saturated rings. The van der Waals surface area contributed by atoms with Gasteiger partial charge in [0.15, 0.2) is 5.96 Å². The Kier molecular flexibility index (Phi) is 8.11. The largest absolute Gasteiger partial charge is 0.357 e. The summed E-state index contributed by atoms with van der Waals surface area (Å²) in [6.07, 6.45) is 1.88. The number of hydrogen-bond acceptors (Lipinski definition) is 3. The molecule has 0 atom stereocenters. The van der Waals surface area contributed by atoms with E-state index in [9.17, 15) is 0 Å². The number of halogens is 1. The number of benzene rings is 1. The van der Waals surface area contributed by atoms with E-state index in [4.69, 9.17) is 4.99 Å². The standard InChI is InChI=1S/C19H23N5S.HI/c1-3-20-19(22-12-16-10-7-11-25-16)24(2)14-18-21-13-17(23-18)15-8-5-4-6-9-15;/h4-11,13H,3,12,14H2,1-2H3,(H,20,22)(H,21,23);1H. The van der Waals surface area contributed by atoms with Crippen LogP contribution in [0.15, 0.2) is 59.0 Å². The number of hydrogen-bond donors (Lipinski definition) is 2. The Balaban J connectivity index is 0.00000243. The summed E-state index contributed by atoms with van der Waals surface area (Å²) in [5, 5.41) is 5.42. The third kappa shape index (κ3) is 5.57. The number of imidazole rings is 1. The van der Waals surface area contributed by atoms with E-state index in [0.717, 1.165) is 29.6 Å². The predicted octanol–water partition coefficient (Wildman–Crippen LogP) is 4.35. The minimum atomic E-state index is 0. The molecule has 0 aliphatic heterocycles. The highest BCUT2D eigenvalue weighted by molar-refractivity contribution is 14.0. The van der Waals surface area contributed by atoms with Crippen molar-refractivity contribution in [3.05, 3.63) is 64.7 Å². The Hall–Kier alpha value is -1.87. The molecule has 0 aliphatic carbocycles. The third-order valence-corrected chi connectivity index (χ3v) is 4.62. The Morgan fingerprint density at radius 2 is 2.04 bits per heavy atom. The van der Waals surface area contributed by atoms with Crippen LogP contribution in [0.1, 0.15) is 17.6 Å². The number of guanidine groups is 1. The van der Waals surface area contributed by atoms with Gasteiger partial charge in [0.25, 0.3) is 0 Å². The molecule has 2 N–H and O–H groups in total. The van der Waals surface area contributed by atoms with Gasteiger partial charge < -0.3 is 15.2 Å². The number of aromatic nitrogens is 2. The van der Waals surface area contributed by atoms with Gasteiger partial charge in [0.1, 0.15) is 5.82 Å². The van der Waals surface area contributed by atoms with E-state index in [1.807, 2.05) is 31.4 Å². The summed E-state index contributed by atoms with van der Waals surface area (Å²) in [6.45, 7) is 4.27. The summed E-state index contributed by atoms with van der Waals surface area (Å²) in [4.78, 5) is 16.0. The van der Waals surface area contributed by atoms with E-state index in [1.165, 1.54) is 4.88 Å². The molecule has 0 amide bonds. The molecule has 2 heterocycles. The molecular formula is C19H24IN5S. The zero-order valence-electron chi connectivity index (χ0n) is 15.0. The molecule has 0 unspecified atom stereocenters. The molecule has 5 nitrogen and oxygen atoms in total. The molecule has 138 valence electrons. The maximum Gasteiger partial charge on any atom is 0.194 e. The first-order valence-corrected chi connectivity index (χ1v) is 9.25. The number of aromatic amines is 1. The highest BCUT2D eigenvalue weighted by Crippen LogP contribution is 2.16. The smallest absolute Gasteiger partial charge is 0.194 e. The molecule has 1 aromatic carbocycles. The zero-order valence-corrected chi connectivity index (χ0v) is 18.1. The van der Waals surface area contributed by atoms with Gasteiger partial charge in [-0.2, -0.15) is 0 Å². The highest BCUT2D eigenvalue weighted by atomic mass is 127. The molecule has 0 saturated carbocycles. The molecule has 0 saturated heterocycles. The Bertz CT molecular complexity index is 798. The van der Waals surface area contributed by atoms with Crippen LogP contribution in [-0.4, -0.2) is 34.4 Å². The summed E-state index contributed by atoms with van der Waals surface area (Å²) in [6, 6.07) is 14.4. The summed E-state index contributed by atoms with van der Waals surface area (Å²) < 4.78 is 0. The van der Waals surface area contributed by atoms with E-state index < -0.39 is 0 Å². The van der Waals surface area contributed by atoms with E-state index in [0.29, 0.717) is 13.1 Å².